The Hall–Kier alpha value is -2.92. The van der Waals surface area contributed by atoms with Gasteiger partial charge in [0.1, 0.15) is 0 Å². The maximum Gasteiger partial charge on any atom is 0.166 e. The van der Waals surface area contributed by atoms with Gasteiger partial charge in [-0.2, -0.15) is 0 Å². The first-order valence-corrected chi connectivity index (χ1v) is 11.7. The third-order valence-electron chi connectivity index (χ3n) is 6.62. The molecule has 0 aliphatic carbocycles. The van der Waals surface area contributed by atoms with Crippen LogP contribution in [0.3, 0.4) is 0 Å². The Labute approximate surface area is 198 Å². The van der Waals surface area contributed by atoms with E-state index in [9.17, 15) is 13.2 Å². The summed E-state index contributed by atoms with van der Waals surface area (Å²) < 4.78 is 64.8. The van der Waals surface area contributed by atoms with Gasteiger partial charge in [-0.25, -0.2) is 17.6 Å². The summed E-state index contributed by atoms with van der Waals surface area (Å²) in [6.07, 6.45) is 6.54. The molecule has 1 aliphatic rings. The molecule has 3 aromatic carbocycles. The molecule has 34 heavy (non-hydrogen) atoms. The molecular weight excluding hydrogens is 440 g/mol. The van der Waals surface area contributed by atoms with E-state index in [1.165, 1.54) is 6.07 Å². The van der Waals surface area contributed by atoms with Crippen molar-refractivity contribution < 1.29 is 22.3 Å². The zero-order chi connectivity index (χ0) is 24.2. The number of hydrogen-bond acceptors (Lipinski definition) is 1. The molecule has 5 heteroatoms. The van der Waals surface area contributed by atoms with Gasteiger partial charge in [-0.15, -0.1) is 0 Å². The van der Waals surface area contributed by atoms with Crippen molar-refractivity contribution in [3.63, 3.8) is 0 Å². The summed E-state index contributed by atoms with van der Waals surface area (Å²) in [5.74, 6) is -3.72. The normalized spacial score (nSPS) is 18.5. The molecule has 4 rings (SSSR count). The lowest BCUT2D eigenvalue weighted by Gasteiger charge is -2.29. The van der Waals surface area contributed by atoms with Gasteiger partial charge in [0.15, 0.2) is 23.3 Å². The van der Waals surface area contributed by atoms with E-state index in [1.807, 2.05) is 6.92 Å². The van der Waals surface area contributed by atoms with Crippen molar-refractivity contribution in [2.24, 2.45) is 0 Å². The molecule has 2 unspecified atom stereocenters. The molecule has 1 aliphatic heterocycles. The first-order chi connectivity index (χ1) is 16.4. The zero-order valence-electron chi connectivity index (χ0n) is 19.4. The average Bonchev–Trinajstić information content (AvgIpc) is 2.87. The first kappa shape index (κ1) is 24.2. The topological polar surface area (TPSA) is 9.23 Å². The van der Waals surface area contributed by atoms with Crippen molar-refractivity contribution in [3.8, 4) is 22.3 Å². The standard InChI is InChI=1S/C29H28F4O/c1-3-5-6-20-12-14-23(27(31)26(20)30)18-7-9-19(10-8-18)24-15-16-25(29(33)28(24)32)21-11-13-22(4-2)34-17-21/h3,5,7-10,12,14-16,21-22H,4,6,11,13,17H2,1-2H3. The van der Waals surface area contributed by atoms with Gasteiger partial charge in [-0.1, -0.05) is 67.6 Å². The van der Waals surface area contributed by atoms with Crippen LogP contribution in [0.25, 0.3) is 22.3 Å². The zero-order valence-corrected chi connectivity index (χ0v) is 19.4. The number of hydrogen-bond donors (Lipinski definition) is 0. The predicted molar refractivity (Wildman–Crippen MR) is 128 cm³/mol. The first-order valence-electron chi connectivity index (χ1n) is 11.7. The second kappa shape index (κ2) is 10.6. The highest BCUT2D eigenvalue weighted by Crippen LogP contribution is 2.35. The number of ether oxygens (including phenoxy) is 1. The largest absolute Gasteiger partial charge is 0.378 e. The number of rotatable bonds is 6. The Morgan fingerprint density at radius 3 is 1.97 bits per heavy atom. The minimum absolute atomic E-state index is 0.123. The molecule has 1 saturated heterocycles. The predicted octanol–water partition coefficient (Wildman–Crippen LogP) is 8.37. The van der Waals surface area contributed by atoms with Gasteiger partial charge in [-0.05, 0) is 54.9 Å². The molecule has 0 amide bonds. The van der Waals surface area contributed by atoms with Crippen LogP contribution in [0.1, 0.15) is 50.2 Å². The lowest BCUT2D eigenvalue weighted by Crippen LogP contribution is -2.24. The van der Waals surface area contributed by atoms with E-state index in [1.54, 1.807) is 54.6 Å². The quantitative estimate of drug-likeness (QED) is 0.261. The van der Waals surface area contributed by atoms with Crippen LogP contribution >= 0.6 is 0 Å². The summed E-state index contributed by atoms with van der Waals surface area (Å²) in [7, 11) is 0. The molecule has 1 fully saturated rings. The second-order valence-corrected chi connectivity index (χ2v) is 8.72. The van der Waals surface area contributed by atoms with E-state index in [2.05, 4.69) is 6.92 Å². The van der Waals surface area contributed by atoms with Crippen LogP contribution < -0.4 is 0 Å². The van der Waals surface area contributed by atoms with Crippen LogP contribution in [0.15, 0.2) is 60.7 Å². The minimum Gasteiger partial charge on any atom is -0.378 e. The summed E-state index contributed by atoms with van der Waals surface area (Å²) in [5.41, 5.74) is 1.79. The van der Waals surface area contributed by atoms with Crippen molar-refractivity contribution in [1.82, 2.24) is 0 Å². The fourth-order valence-corrected chi connectivity index (χ4v) is 4.52. The van der Waals surface area contributed by atoms with Crippen molar-refractivity contribution in [1.29, 1.82) is 0 Å². The number of halogens is 4. The smallest absolute Gasteiger partial charge is 0.166 e. The molecule has 0 saturated carbocycles. The van der Waals surface area contributed by atoms with Gasteiger partial charge < -0.3 is 4.74 Å². The molecule has 3 aromatic rings. The molecule has 178 valence electrons. The van der Waals surface area contributed by atoms with Crippen LogP contribution in [-0.4, -0.2) is 12.7 Å². The van der Waals surface area contributed by atoms with Crippen molar-refractivity contribution in [2.75, 3.05) is 6.61 Å². The Bertz CT molecular complexity index is 1180. The number of benzene rings is 3. The van der Waals surface area contributed by atoms with E-state index < -0.39 is 23.3 Å². The molecular formula is C29H28F4O. The molecule has 0 spiro atoms. The van der Waals surface area contributed by atoms with E-state index in [0.717, 1.165) is 19.3 Å². The maximum atomic E-state index is 15.0. The Morgan fingerprint density at radius 1 is 0.794 bits per heavy atom. The molecule has 0 bridgehead atoms. The van der Waals surface area contributed by atoms with Crippen LogP contribution in [0.4, 0.5) is 17.6 Å². The fourth-order valence-electron chi connectivity index (χ4n) is 4.52. The molecule has 0 radical (unpaired) electrons. The average molecular weight is 469 g/mol. The Balaban J connectivity index is 1.58. The van der Waals surface area contributed by atoms with Gasteiger partial charge in [0.2, 0.25) is 0 Å². The summed E-state index contributed by atoms with van der Waals surface area (Å²) in [6.45, 7) is 4.26. The molecule has 2 atom stereocenters. The van der Waals surface area contributed by atoms with E-state index in [0.29, 0.717) is 29.7 Å². The highest BCUT2D eigenvalue weighted by atomic mass is 19.2. The van der Waals surface area contributed by atoms with Crippen LogP contribution in [0.2, 0.25) is 0 Å². The van der Waals surface area contributed by atoms with Crippen molar-refractivity contribution >= 4 is 0 Å². The monoisotopic (exact) mass is 468 g/mol. The van der Waals surface area contributed by atoms with E-state index in [4.69, 9.17) is 4.74 Å². The summed E-state index contributed by atoms with van der Waals surface area (Å²) in [5, 5.41) is 0. The number of allylic oxidation sites excluding steroid dienone is 2. The highest BCUT2D eigenvalue weighted by molar-refractivity contribution is 5.71. The Kier molecular flexibility index (Phi) is 7.52. The third kappa shape index (κ3) is 4.80. The summed E-state index contributed by atoms with van der Waals surface area (Å²) in [4.78, 5) is 0. The third-order valence-corrected chi connectivity index (χ3v) is 6.62. The van der Waals surface area contributed by atoms with Gasteiger partial charge in [-0.3, -0.25) is 0 Å². The van der Waals surface area contributed by atoms with Gasteiger partial charge in [0, 0.05) is 17.0 Å². The summed E-state index contributed by atoms with van der Waals surface area (Å²) in [6, 6.07) is 12.7. The lowest BCUT2D eigenvalue weighted by atomic mass is 9.89. The van der Waals surface area contributed by atoms with Crippen LogP contribution in [-0.2, 0) is 11.2 Å². The van der Waals surface area contributed by atoms with E-state index in [-0.39, 0.29) is 28.7 Å². The Morgan fingerprint density at radius 2 is 1.41 bits per heavy atom. The highest BCUT2D eigenvalue weighted by Gasteiger charge is 2.26. The van der Waals surface area contributed by atoms with Crippen molar-refractivity contribution in [3.05, 3.63) is 95.1 Å². The van der Waals surface area contributed by atoms with E-state index >= 15 is 4.39 Å². The van der Waals surface area contributed by atoms with Crippen molar-refractivity contribution in [2.45, 2.75) is 51.6 Å². The minimum atomic E-state index is -0.920. The lowest BCUT2D eigenvalue weighted by molar-refractivity contribution is 0.00131. The summed E-state index contributed by atoms with van der Waals surface area (Å²) >= 11 is 0. The maximum absolute atomic E-state index is 15.0. The molecule has 0 N–H and O–H groups in total. The van der Waals surface area contributed by atoms with Gasteiger partial charge in [0.05, 0.1) is 12.7 Å². The van der Waals surface area contributed by atoms with Gasteiger partial charge in [0.25, 0.3) is 0 Å². The molecule has 1 nitrogen and oxygen atoms in total. The SMILES string of the molecule is CC=CCc1ccc(-c2ccc(-c3ccc(C4CCC(CC)OC4)c(F)c3F)cc2)c(F)c1F. The van der Waals surface area contributed by atoms with Gasteiger partial charge >= 0.3 is 0 Å². The van der Waals surface area contributed by atoms with Crippen LogP contribution in [0, 0.1) is 23.3 Å². The fraction of sp³-hybridized carbons (Fsp3) is 0.310. The molecule has 1 heterocycles. The second-order valence-electron chi connectivity index (χ2n) is 8.72. The molecule has 0 aromatic heterocycles. The van der Waals surface area contributed by atoms with Crippen LogP contribution in [0.5, 0.6) is 0 Å².